The van der Waals surface area contributed by atoms with Crippen molar-refractivity contribution in [2.45, 2.75) is 46.1 Å². The van der Waals surface area contributed by atoms with Crippen molar-refractivity contribution < 1.29 is 14.6 Å². The maximum atomic E-state index is 12.3. The molecule has 114 valence electrons. The summed E-state index contributed by atoms with van der Waals surface area (Å²) in [5.74, 6) is 0.0259. The lowest BCUT2D eigenvalue weighted by Gasteiger charge is -2.38. The van der Waals surface area contributed by atoms with Crippen LogP contribution in [0.25, 0.3) is 0 Å². The second-order valence-corrected chi connectivity index (χ2v) is 7.60. The number of fused-ring (bicyclic) bond motifs is 2. The molecule has 2 saturated carbocycles. The van der Waals surface area contributed by atoms with Gasteiger partial charge in [0.25, 0.3) is 0 Å². The molecule has 0 amide bonds. The van der Waals surface area contributed by atoms with Crippen LogP contribution in [0.15, 0.2) is 18.2 Å². The number of esters is 1. The standard InChI is InChI=1S/C17H21ClO3/c1-16(2)10-6-7-17(16,3)14(8-10)21-15(20)12-5-4-11(18)9-13(12)19/h4-5,9-10,14,19H,6-8H2,1-3H3. The molecule has 1 aromatic rings. The first-order chi connectivity index (χ1) is 9.75. The Morgan fingerprint density at radius 2 is 2.10 bits per heavy atom. The number of halogens is 1. The molecule has 0 heterocycles. The maximum Gasteiger partial charge on any atom is 0.342 e. The average Bonchev–Trinajstić information content (AvgIpc) is 2.71. The van der Waals surface area contributed by atoms with Gasteiger partial charge in [-0.2, -0.15) is 0 Å². The van der Waals surface area contributed by atoms with E-state index >= 15 is 0 Å². The van der Waals surface area contributed by atoms with Crippen molar-refractivity contribution in [3.63, 3.8) is 0 Å². The molecular weight excluding hydrogens is 288 g/mol. The summed E-state index contributed by atoms with van der Waals surface area (Å²) in [4.78, 5) is 12.3. The zero-order valence-electron chi connectivity index (χ0n) is 12.6. The maximum absolute atomic E-state index is 12.3. The first-order valence-corrected chi connectivity index (χ1v) is 7.83. The molecule has 0 saturated heterocycles. The van der Waals surface area contributed by atoms with E-state index in [2.05, 4.69) is 20.8 Å². The first-order valence-electron chi connectivity index (χ1n) is 7.45. The Bertz CT molecular complexity index is 596. The molecule has 2 bridgehead atoms. The van der Waals surface area contributed by atoms with Crippen LogP contribution in [0.5, 0.6) is 5.75 Å². The fourth-order valence-corrected chi connectivity index (χ4v) is 4.34. The third-order valence-electron chi connectivity index (χ3n) is 6.14. The van der Waals surface area contributed by atoms with Crippen LogP contribution in [0.4, 0.5) is 0 Å². The molecule has 1 aromatic carbocycles. The molecule has 0 aromatic heterocycles. The molecule has 2 aliphatic rings. The highest BCUT2D eigenvalue weighted by atomic mass is 35.5. The minimum atomic E-state index is -0.459. The fraction of sp³-hybridized carbons (Fsp3) is 0.588. The normalized spacial score (nSPS) is 33.1. The van der Waals surface area contributed by atoms with E-state index in [1.54, 1.807) is 6.07 Å². The number of ether oxygens (including phenoxy) is 1. The highest BCUT2D eigenvalue weighted by molar-refractivity contribution is 6.30. The highest BCUT2D eigenvalue weighted by Crippen LogP contribution is 2.66. The van der Waals surface area contributed by atoms with Crippen LogP contribution in [0.3, 0.4) is 0 Å². The van der Waals surface area contributed by atoms with Crippen molar-refractivity contribution >= 4 is 17.6 Å². The summed E-state index contributed by atoms with van der Waals surface area (Å²) in [6, 6.07) is 4.47. The summed E-state index contributed by atoms with van der Waals surface area (Å²) < 4.78 is 5.75. The van der Waals surface area contributed by atoms with Crippen molar-refractivity contribution in [1.82, 2.24) is 0 Å². The summed E-state index contributed by atoms with van der Waals surface area (Å²) in [5, 5.41) is 10.2. The second kappa shape index (κ2) is 4.64. The van der Waals surface area contributed by atoms with Gasteiger partial charge in [-0.05, 0) is 48.8 Å². The van der Waals surface area contributed by atoms with Crippen molar-refractivity contribution in [1.29, 1.82) is 0 Å². The highest BCUT2D eigenvalue weighted by Gasteiger charge is 2.62. The molecule has 4 heteroatoms. The van der Waals surface area contributed by atoms with Gasteiger partial charge in [-0.3, -0.25) is 0 Å². The predicted molar refractivity (Wildman–Crippen MR) is 81.5 cm³/mol. The third-order valence-corrected chi connectivity index (χ3v) is 6.38. The summed E-state index contributed by atoms with van der Waals surface area (Å²) in [5.41, 5.74) is 0.401. The van der Waals surface area contributed by atoms with E-state index in [0.29, 0.717) is 10.9 Å². The van der Waals surface area contributed by atoms with Crippen molar-refractivity contribution in [3.05, 3.63) is 28.8 Å². The Hall–Kier alpha value is -1.22. The molecule has 0 spiro atoms. The SMILES string of the molecule is CC1(C)C2CCC1(C)C(OC(=O)c1ccc(Cl)cc1O)C2. The molecule has 21 heavy (non-hydrogen) atoms. The van der Waals surface area contributed by atoms with Gasteiger partial charge in [-0.15, -0.1) is 0 Å². The van der Waals surface area contributed by atoms with E-state index in [4.69, 9.17) is 16.3 Å². The molecule has 3 unspecified atom stereocenters. The van der Waals surface area contributed by atoms with Crippen molar-refractivity contribution in [2.24, 2.45) is 16.7 Å². The number of phenolic OH excluding ortho intramolecular Hbond substituents is 1. The molecule has 0 aliphatic heterocycles. The van der Waals surface area contributed by atoms with Gasteiger partial charge >= 0.3 is 5.97 Å². The summed E-state index contributed by atoms with van der Waals surface area (Å²) in [6.45, 7) is 6.77. The Kier molecular flexibility index (Phi) is 3.25. The van der Waals surface area contributed by atoms with Gasteiger partial charge in [0, 0.05) is 10.4 Å². The topological polar surface area (TPSA) is 46.5 Å². The molecule has 3 nitrogen and oxygen atoms in total. The molecule has 2 fully saturated rings. The number of benzene rings is 1. The Morgan fingerprint density at radius 3 is 2.62 bits per heavy atom. The summed E-state index contributed by atoms with van der Waals surface area (Å²) in [7, 11) is 0. The molecule has 1 N–H and O–H groups in total. The first kappa shape index (κ1) is 14.7. The number of phenols is 1. The largest absolute Gasteiger partial charge is 0.507 e. The summed E-state index contributed by atoms with van der Waals surface area (Å²) >= 11 is 5.79. The minimum Gasteiger partial charge on any atom is -0.507 e. The van der Waals surface area contributed by atoms with Gasteiger partial charge in [0.05, 0.1) is 0 Å². The van der Waals surface area contributed by atoms with Crippen molar-refractivity contribution in [3.8, 4) is 5.75 Å². The lowest BCUT2D eigenvalue weighted by Crippen LogP contribution is -2.38. The van der Waals surface area contributed by atoms with E-state index in [1.807, 2.05) is 0 Å². The van der Waals surface area contributed by atoms with E-state index in [0.717, 1.165) is 12.8 Å². The fourth-order valence-electron chi connectivity index (χ4n) is 4.18. The Morgan fingerprint density at radius 1 is 1.38 bits per heavy atom. The number of carbonyl (C=O) groups is 1. The van der Waals surface area contributed by atoms with E-state index in [-0.39, 0.29) is 28.2 Å². The molecule has 2 aliphatic carbocycles. The number of aromatic hydroxyl groups is 1. The number of hydrogen-bond donors (Lipinski definition) is 1. The van der Waals surface area contributed by atoms with E-state index in [1.165, 1.54) is 18.6 Å². The number of hydrogen-bond acceptors (Lipinski definition) is 3. The average molecular weight is 309 g/mol. The molecule has 0 radical (unpaired) electrons. The van der Waals surface area contributed by atoms with Crippen LogP contribution < -0.4 is 0 Å². The van der Waals surface area contributed by atoms with Crippen LogP contribution in [-0.2, 0) is 4.74 Å². The van der Waals surface area contributed by atoms with Crippen molar-refractivity contribution in [2.75, 3.05) is 0 Å². The smallest absolute Gasteiger partial charge is 0.342 e. The molecular formula is C17H21ClO3. The van der Waals surface area contributed by atoms with Gasteiger partial charge in [-0.25, -0.2) is 4.79 Å². The van der Waals surface area contributed by atoms with Gasteiger partial charge in [0.1, 0.15) is 17.4 Å². The zero-order valence-corrected chi connectivity index (χ0v) is 13.4. The molecule has 3 rings (SSSR count). The summed E-state index contributed by atoms with van der Waals surface area (Å²) in [6.07, 6.45) is 3.15. The van der Waals surface area contributed by atoms with Crippen LogP contribution in [-0.4, -0.2) is 17.2 Å². The van der Waals surface area contributed by atoms with Gasteiger partial charge in [0.15, 0.2) is 0 Å². The number of carbonyl (C=O) groups excluding carboxylic acids is 1. The Labute approximate surface area is 130 Å². The third kappa shape index (κ3) is 2.05. The van der Waals surface area contributed by atoms with Crippen LogP contribution in [0.1, 0.15) is 50.4 Å². The predicted octanol–water partition coefficient (Wildman–Crippen LogP) is 4.42. The quantitative estimate of drug-likeness (QED) is 0.823. The van der Waals surface area contributed by atoms with Gasteiger partial charge in [-0.1, -0.05) is 32.4 Å². The monoisotopic (exact) mass is 308 g/mol. The lowest BCUT2D eigenvalue weighted by atomic mass is 9.70. The Balaban J connectivity index is 1.80. The van der Waals surface area contributed by atoms with E-state index in [9.17, 15) is 9.90 Å². The van der Waals surface area contributed by atoms with E-state index < -0.39 is 5.97 Å². The second-order valence-electron chi connectivity index (χ2n) is 7.17. The van der Waals surface area contributed by atoms with Gasteiger partial charge in [0.2, 0.25) is 0 Å². The van der Waals surface area contributed by atoms with Crippen LogP contribution >= 0.6 is 11.6 Å². The van der Waals surface area contributed by atoms with Crippen LogP contribution in [0, 0.1) is 16.7 Å². The number of rotatable bonds is 2. The minimum absolute atomic E-state index is 0.0232. The molecule has 3 atom stereocenters. The lowest BCUT2D eigenvalue weighted by molar-refractivity contribution is -0.0244. The van der Waals surface area contributed by atoms with Gasteiger partial charge < -0.3 is 9.84 Å². The zero-order chi connectivity index (χ0) is 15.4. The van der Waals surface area contributed by atoms with Crippen LogP contribution in [0.2, 0.25) is 5.02 Å².